The topological polar surface area (TPSA) is 46.3 Å². The Morgan fingerprint density at radius 3 is 2.44 bits per heavy atom. The fraction of sp³-hybridized carbons (Fsp3) is 0.533. The van der Waals surface area contributed by atoms with E-state index in [4.69, 9.17) is 5.73 Å². The number of amides is 1. The predicted molar refractivity (Wildman–Crippen MR) is 75.0 cm³/mol. The van der Waals surface area contributed by atoms with Gasteiger partial charge in [-0.25, -0.2) is 0 Å². The molecule has 3 nitrogen and oxygen atoms in total. The molecule has 18 heavy (non-hydrogen) atoms. The number of carbonyl (C=O) groups excluding carboxylic acids is 1. The van der Waals surface area contributed by atoms with Crippen LogP contribution in [0.1, 0.15) is 25.0 Å². The second-order valence-electron chi connectivity index (χ2n) is 5.21. The van der Waals surface area contributed by atoms with Crippen molar-refractivity contribution >= 4 is 5.91 Å². The van der Waals surface area contributed by atoms with Crippen LogP contribution in [0.25, 0.3) is 0 Å². The van der Waals surface area contributed by atoms with Gasteiger partial charge in [-0.3, -0.25) is 4.79 Å². The Kier molecular flexibility index (Phi) is 5.35. The van der Waals surface area contributed by atoms with Gasteiger partial charge in [0.1, 0.15) is 0 Å². The zero-order valence-corrected chi connectivity index (χ0v) is 11.8. The van der Waals surface area contributed by atoms with Gasteiger partial charge in [0.2, 0.25) is 5.91 Å². The van der Waals surface area contributed by atoms with E-state index in [9.17, 15) is 4.79 Å². The summed E-state index contributed by atoms with van der Waals surface area (Å²) in [4.78, 5) is 14.1. The van der Waals surface area contributed by atoms with Crippen molar-refractivity contribution in [1.82, 2.24) is 4.90 Å². The molecule has 0 aliphatic carbocycles. The molecule has 1 aromatic carbocycles. The van der Waals surface area contributed by atoms with Gasteiger partial charge in [-0.2, -0.15) is 0 Å². The lowest BCUT2D eigenvalue weighted by molar-refractivity contribution is -0.135. The molecular formula is C15H24N2O. The van der Waals surface area contributed by atoms with Gasteiger partial charge in [0.15, 0.2) is 0 Å². The van der Waals surface area contributed by atoms with Gasteiger partial charge in [-0.15, -0.1) is 0 Å². The minimum Gasteiger partial charge on any atom is -0.341 e. The lowest BCUT2D eigenvalue weighted by atomic mass is 9.94. The molecule has 0 bridgehead atoms. The van der Waals surface area contributed by atoms with Crippen molar-refractivity contribution in [2.75, 3.05) is 13.6 Å². The van der Waals surface area contributed by atoms with Crippen LogP contribution < -0.4 is 5.73 Å². The largest absolute Gasteiger partial charge is 0.341 e. The van der Waals surface area contributed by atoms with Crippen LogP contribution in [-0.4, -0.2) is 24.4 Å². The molecule has 0 spiro atoms. The molecule has 1 amide bonds. The molecular weight excluding hydrogens is 224 g/mol. The molecule has 0 saturated heterocycles. The quantitative estimate of drug-likeness (QED) is 0.868. The fourth-order valence-electron chi connectivity index (χ4n) is 2.06. The van der Waals surface area contributed by atoms with Crippen molar-refractivity contribution in [3.63, 3.8) is 0 Å². The zero-order chi connectivity index (χ0) is 13.7. The number of hydrogen-bond donors (Lipinski definition) is 1. The number of benzene rings is 1. The molecule has 0 aliphatic rings. The summed E-state index contributed by atoms with van der Waals surface area (Å²) in [6.07, 6.45) is 0. The number of rotatable bonds is 5. The maximum Gasteiger partial charge on any atom is 0.227 e. The summed E-state index contributed by atoms with van der Waals surface area (Å²) in [5.74, 6) is 0.330. The second kappa shape index (κ2) is 6.55. The van der Waals surface area contributed by atoms with Gasteiger partial charge in [0.05, 0.1) is 5.92 Å². The third-order valence-corrected chi connectivity index (χ3v) is 3.42. The number of hydrogen-bond acceptors (Lipinski definition) is 2. The van der Waals surface area contributed by atoms with Crippen LogP contribution in [0.5, 0.6) is 0 Å². The number of aryl methyl sites for hydroxylation is 1. The highest BCUT2D eigenvalue weighted by atomic mass is 16.2. The highest BCUT2D eigenvalue weighted by Gasteiger charge is 2.23. The van der Waals surface area contributed by atoms with Crippen molar-refractivity contribution in [3.8, 4) is 0 Å². The van der Waals surface area contributed by atoms with Crippen LogP contribution in [0, 0.1) is 18.8 Å². The van der Waals surface area contributed by atoms with E-state index in [0.29, 0.717) is 13.1 Å². The summed E-state index contributed by atoms with van der Waals surface area (Å²) in [5, 5.41) is 0. The van der Waals surface area contributed by atoms with Crippen LogP contribution in [0.2, 0.25) is 0 Å². The standard InChI is InChI=1S/C15H24N2O/c1-11(2)14(9-16)15(18)17(4)10-13-8-6-5-7-12(13)3/h5-8,11,14H,9-10,16H2,1-4H3. The zero-order valence-electron chi connectivity index (χ0n) is 11.8. The number of nitrogens with zero attached hydrogens (tertiary/aromatic N) is 1. The molecule has 1 atom stereocenters. The molecule has 1 rings (SSSR count). The average Bonchev–Trinajstić information content (AvgIpc) is 2.32. The van der Waals surface area contributed by atoms with Gasteiger partial charge in [-0.05, 0) is 24.0 Å². The molecule has 0 aliphatic heterocycles. The Bertz CT molecular complexity index is 401. The van der Waals surface area contributed by atoms with Gasteiger partial charge in [0, 0.05) is 20.1 Å². The Labute approximate surface area is 110 Å². The monoisotopic (exact) mass is 248 g/mol. The first-order valence-electron chi connectivity index (χ1n) is 6.47. The van der Waals surface area contributed by atoms with E-state index in [1.165, 1.54) is 11.1 Å². The highest BCUT2D eigenvalue weighted by Crippen LogP contribution is 2.15. The van der Waals surface area contributed by atoms with Crippen LogP contribution in [0.15, 0.2) is 24.3 Å². The van der Waals surface area contributed by atoms with Crippen molar-refractivity contribution in [3.05, 3.63) is 35.4 Å². The minimum atomic E-state index is -0.0842. The molecule has 0 radical (unpaired) electrons. The first kappa shape index (κ1) is 14.7. The van der Waals surface area contributed by atoms with Crippen LogP contribution in [-0.2, 0) is 11.3 Å². The summed E-state index contributed by atoms with van der Waals surface area (Å²) in [5.41, 5.74) is 8.09. The Morgan fingerprint density at radius 2 is 1.94 bits per heavy atom. The van der Waals surface area contributed by atoms with E-state index < -0.39 is 0 Å². The summed E-state index contributed by atoms with van der Waals surface area (Å²) >= 11 is 0. The predicted octanol–water partition coefficient (Wildman–Crippen LogP) is 2.18. The molecule has 0 fully saturated rings. The maximum atomic E-state index is 12.3. The first-order chi connectivity index (χ1) is 8.47. The smallest absolute Gasteiger partial charge is 0.227 e. The molecule has 0 saturated carbocycles. The summed E-state index contributed by atoms with van der Waals surface area (Å²) < 4.78 is 0. The van der Waals surface area contributed by atoms with E-state index in [2.05, 4.69) is 19.1 Å². The lowest BCUT2D eigenvalue weighted by Gasteiger charge is -2.25. The minimum absolute atomic E-state index is 0.0842. The van der Waals surface area contributed by atoms with Crippen molar-refractivity contribution < 1.29 is 4.79 Å². The van der Waals surface area contributed by atoms with E-state index in [-0.39, 0.29) is 17.7 Å². The summed E-state index contributed by atoms with van der Waals surface area (Å²) in [6, 6.07) is 8.14. The average molecular weight is 248 g/mol. The highest BCUT2D eigenvalue weighted by molar-refractivity contribution is 5.79. The van der Waals surface area contributed by atoms with Crippen LogP contribution in [0.3, 0.4) is 0 Å². The van der Waals surface area contributed by atoms with Crippen molar-refractivity contribution in [2.24, 2.45) is 17.6 Å². The number of carbonyl (C=O) groups is 1. The van der Waals surface area contributed by atoms with Gasteiger partial charge >= 0.3 is 0 Å². The van der Waals surface area contributed by atoms with E-state index in [0.717, 1.165) is 0 Å². The molecule has 3 heteroatoms. The van der Waals surface area contributed by atoms with Gasteiger partial charge in [0.25, 0.3) is 0 Å². The van der Waals surface area contributed by atoms with Crippen molar-refractivity contribution in [1.29, 1.82) is 0 Å². The fourth-order valence-corrected chi connectivity index (χ4v) is 2.06. The molecule has 0 aromatic heterocycles. The summed E-state index contributed by atoms with van der Waals surface area (Å²) in [7, 11) is 1.85. The van der Waals surface area contributed by atoms with E-state index >= 15 is 0 Å². The van der Waals surface area contributed by atoms with Gasteiger partial charge in [-0.1, -0.05) is 38.1 Å². The van der Waals surface area contributed by atoms with Crippen molar-refractivity contribution in [2.45, 2.75) is 27.3 Å². The first-order valence-corrected chi connectivity index (χ1v) is 6.47. The Morgan fingerprint density at radius 1 is 1.33 bits per heavy atom. The third-order valence-electron chi connectivity index (χ3n) is 3.42. The third kappa shape index (κ3) is 3.57. The van der Waals surface area contributed by atoms with Gasteiger partial charge < -0.3 is 10.6 Å². The lowest BCUT2D eigenvalue weighted by Crippen LogP contribution is -2.39. The van der Waals surface area contributed by atoms with Crippen LogP contribution in [0.4, 0.5) is 0 Å². The molecule has 2 N–H and O–H groups in total. The Balaban J connectivity index is 2.74. The van der Waals surface area contributed by atoms with E-state index in [1.807, 2.05) is 33.0 Å². The summed E-state index contributed by atoms with van der Waals surface area (Å²) in [6.45, 7) is 7.20. The maximum absolute atomic E-state index is 12.3. The van der Waals surface area contributed by atoms with E-state index in [1.54, 1.807) is 4.90 Å². The number of nitrogens with two attached hydrogens (primary N) is 1. The second-order valence-corrected chi connectivity index (χ2v) is 5.21. The molecule has 0 heterocycles. The normalized spacial score (nSPS) is 12.6. The molecule has 1 aromatic rings. The SMILES string of the molecule is Cc1ccccc1CN(C)C(=O)C(CN)C(C)C. The van der Waals surface area contributed by atoms with Crippen LogP contribution >= 0.6 is 0 Å². The Hall–Kier alpha value is -1.35. The molecule has 1 unspecified atom stereocenters. The molecule has 100 valence electrons.